The Morgan fingerprint density at radius 1 is 1.05 bits per heavy atom. The van der Waals surface area contributed by atoms with Crippen molar-refractivity contribution in [2.75, 3.05) is 26.2 Å². The van der Waals surface area contributed by atoms with Gasteiger partial charge in [-0.05, 0) is 54.1 Å². The molecule has 1 unspecified atom stereocenters. The molecule has 1 aliphatic rings. The van der Waals surface area contributed by atoms with Gasteiger partial charge in [-0.3, -0.25) is 19.4 Å². The number of piperazine rings is 1. The minimum atomic E-state index is -0.843. The molecule has 1 aromatic carbocycles. The molecule has 1 fully saturated rings. The Morgan fingerprint density at radius 3 is 2.65 bits per heavy atom. The molecule has 4 rings (SSSR count). The van der Waals surface area contributed by atoms with Crippen molar-refractivity contribution in [1.82, 2.24) is 20.1 Å². The third kappa shape index (κ3) is 7.53. The molecule has 3 aromatic rings. The van der Waals surface area contributed by atoms with Crippen molar-refractivity contribution in [3.63, 3.8) is 0 Å². The van der Waals surface area contributed by atoms with Crippen LogP contribution in [0.25, 0.3) is 0 Å². The zero-order chi connectivity index (χ0) is 26.2. The first kappa shape index (κ1) is 27.1. The van der Waals surface area contributed by atoms with E-state index in [1.165, 1.54) is 0 Å². The lowest BCUT2D eigenvalue weighted by atomic mass is 10.0. The summed E-state index contributed by atoms with van der Waals surface area (Å²) in [6, 6.07) is 14.0. The molecule has 37 heavy (non-hydrogen) atoms. The molecule has 2 aromatic heterocycles. The molecule has 0 saturated carbocycles. The molecule has 194 valence electrons. The summed E-state index contributed by atoms with van der Waals surface area (Å²) in [6.07, 6.45) is 3.31. The summed E-state index contributed by atoms with van der Waals surface area (Å²) in [7, 11) is 0. The zero-order valence-corrected chi connectivity index (χ0v) is 22.6. The fraction of sp³-hybridized carbons (Fsp3) is 0.333. The second kappa shape index (κ2) is 13.0. The van der Waals surface area contributed by atoms with Gasteiger partial charge in [0, 0.05) is 52.9 Å². The number of amides is 3. The number of hydrogen-bond donors (Lipinski definition) is 1. The standard InChI is InChI=1S/C27H28Cl2N4O3S/c28-20-7-6-19(23(29)16-20)8-12-31-25(34)17-24-27(36)32(13-9-21-4-1-2-11-30-21)18-26(35)33(24)14-10-22-5-3-15-37-22/h1-7,11,15-16,24H,8-10,12-14,17-18H2,(H,31,34). The number of thiophene rings is 1. The van der Waals surface area contributed by atoms with Gasteiger partial charge in [0.2, 0.25) is 17.7 Å². The molecule has 0 bridgehead atoms. The fourth-order valence-electron chi connectivity index (χ4n) is 4.31. The van der Waals surface area contributed by atoms with Gasteiger partial charge in [-0.15, -0.1) is 11.3 Å². The molecule has 10 heteroatoms. The molecule has 3 amide bonds. The van der Waals surface area contributed by atoms with Crippen molar-refractivity contribution in [1.29, 1.82) is 0 Å². The molecule has 3 heterocycles. The van der Waals surface area contributed by atoms with Crippen LogP contribution in [0.15, 0.2) is 60.1 Å². The predicted octanol–water partition coefficient (Wildman–Crippen LogP) is 4.02. The van der Waals surface area contributed by atoms with Gasteiger partial charge in [0.1, 0.15) is 6.04 Å². The molecular weight excluding hydrogens is 531 g/mol. The highest BCUT2D eigenvalue weighted by atomic mass is 35.5. The van der Waals surface area contributed by atoms with Crippen molar-refractivity contribution in [2.24, 2.45) is 0 Å². The van der Waals surface area contributed by atoms with Gasteiger partial charge < -0.3 is 15.1 Å². The molecule has 1 atom stereocenters. The summed E-state index contributed by atoms with van der Waals surface area (Å²) in [6.45, 7) is 1.11. The van der Waals surface area contributed by atoms with Gasteiger partial charge in [0.05, 0.1) is 13.0 Å². The van der Waals surface area contributed by atoms with E-state index >= 15 is 0 Å². The molecular formula is C27H28Cl2N4O3S. The number of hydrogen-bond acceptors (Lipinski definition) is 5. The first-order chi connectivity index (χ1) is 17.9. The number of nitrogens with zero attached hydrogens (tertiary/aromatic N) is 3. The Kier molecular flexibility index (Phi) is 9.55. The average Bonchev–Trinajstić information content (AvgIpc) is 3.40. The monoisotopic (exact) mass is 558 g/mol. The summed E-state index contributed by atoms with van der Waals surface area (Å²) in [5.41, 5.74) is 1.71. The van der Waals surface area contributed by atoms with Crippen LogP contribution in [0.5, 0.6) is 0 Å². The van der Waals surface area contributed by atoms with Crippen molar-refractivity contribution in [3.8, 4) is 0 Å². The minimum Gasteiger partial charge on any atom is -0.356 e. The highest BCUT2D eigenvalue weighted by Crippen LogP contribution is 2.22. The number of aromatic nitrogens is 1. The summed E-state index contributed by atoms with van der Waals surface area (Å²) < 4.78 is 0. The van der Waals surface area contributed by atoms with Gasteiger partial charge in [0.15, 0.2) is 0 Å². The fourth-order valence-corrected chi connectivity index (χ4v) is 5.51. The number of halogens is 2. The highest BCUT2D eigenvalue weighted by molar-refractivity contribution is 7.09. The van der Waals surface area contributed by atoms with E-state index in [1.54, 1.807) is 39.5 Å². The van der Waals surface area contributed by atoms with E-state index in [2.05, 4.69) is 10.3 Å². The van der Waals surface area contributed by atoms with E-state index in [9.17, 15) is 14.4 Å². The number of pyridine rings is 1. The van der Waals surface area contributed by atoms with E-state index in [-0.39, 0.29) is 30.7 Å². The maximum Gasteiger partial charge on any atom is 0.246 e. The second-order valence-corrected chi connectivity index (χ2v) is 10.7. The summed E-state index contributed by atoms with van der Waals surface area (Å²) in [4.78, 5) is 48.0. The SMILES string of the molecule is O=C(CC1C(=O)N(CCc2ccccn2)CC(=O)N1CCc1cccs1)NCCc1ccc(Cl)cc1Cl. The average molecular weight is 560 g/mol. The predicted molar refractivity (Wildman–Crippen MR) is 146 cm³/mol. The van der Waals surface area contributed by atoms with Crippen LogP contribution < -0.4 is 5.32 Å². The third-order valence-corrected chi connectivity index (χ3v) is 7.80. The van der Waals surface area contributed by atoms with Crippen LogP contribution in [0.2, 0.25) is 10.0 Å². The quantitative estimate of drug-likeness (QED) is 0.385. The van der Waals surface area contributed by atoms with Crippen molar-refractivity contribution < 1.29 is 14.4 Å². The lowest BCUT2D eigenvalue weighted by molar-refractivity contribution is -0.157. The van der Waals surface area contributed by atoms with E-state index in [1.807, 2.05) is 41.8 Å². The number of nitrogens with one attached hydrogen (secondary N) is 1. The topological polar surface area (TPSA) is 82.6 Å². The molecule has 0 spiro atoms. The van der Waals surface area contributed by atoms with Crippen molar-refractivity contribution in [3.05, 3.63) is 86.3 Å². The largest absolute Gasteiger partial charge is 0.356 e. The van der Waals surface area contributed by atoms with E-state index in [4.69, 9.17) is 23.2 Å². The Balaban J connectivity index is 1.40. The van der Waals surface area contributed by atoms with Gasteiger partial charge in [-0.25, -0.2) is 0 Å². The maximum absolute atomic E-state index is 13.5. The Bertz CT molecular complexity index is 1220. The molecule has 1 aliphatic heterocycles. The molecule has 0 aliphatic carbocycles. The molecule has 7 nitrogen and oxygen atoms in total. The normalized spacial score (nSPS) is 15.8. The lowest BCUT2D eigenvalue weighted by Crippen LogP contribution is -2.61. The summed E-state index contributed by atoms with van der Waals surface area (Å²) in [5.74, 6) is -0.649. The number of carbonyl (C=O) groups is 3. The first-order valence-corrected chi connectivity index (χ1v) is 13.8. The molecule has 1 saturated heterocycles. The molecule has 1 N–H and O–H groups in total. The summed E-state index contributed by atoms with van der Waals surface area (Å²) >= 11 is 13.8. The Hall–Kier alpha value is -2.94. The Labute approximate surface area is 230 Å². The van der Waals surface area contributed by atoms with Crippen LogP contribution in [-0.4, -0.2) is 64.7 Å². The Morgan fingerprint density at radius 2 is 1.92 bits per heavy atom. The van der Waals surface area contributed by atoms with Crippen molar-refractivity contribution >= 4 is 52.3 Å². The number of rotatable bonds is 11. The zero-order valence-electron chi connectivity index (χ0n) is 20.2. The first-order valence-electron chi connectivity index (χ1n) is 12.1. The highest BCUT2D eigenvalue weighted by Gasteiger charge is 2.40. The van der Waals surface area contributed by atoms with E-state index in [0.717, 1.165) is 16.1 Å². The van der Waals surface area contributed by atoms with Crippen LogP contribution in [0, 0.1) is 0 Å². The van der Waals surface area contributed by atoms with Crippen LogP contribution in [0.4, 0.5) is 0 Å². The van der Waals surface area contributed by atoms with E-state index < -0.39 is 6.04 Å². The van der Waals surface area contributed by atoms with Crippen LogP contribution in [-0.2, 0) is 33.6 Å². The maximum atomic E-state index is 13.5. The van der Waals surface area contributed by atoms with Gasteiger partial charge >= 0.3 is 0 Å². The minimum absolute atomic E-state index is 0.00327. The van der Waals surface area contributed by atoms with E-state index in [0.29, 0.717) is 48.9 Å². The lowest BCUT2D eigenvalue weighted by Gasteiger charge is -2.40. The van der Waals surface area contributed by atoms with Gasteiger partial charge in [-0.1, -0.05) is 41.4 Å². The van der Waals surface area contributed by atoms with Crippen LogP contribution in [0.3, 0.4) is 0 Å². The molecule has 0 radical (unpaired) electrons. The van der Waals surface area contributed by atoms with Gasteiger partial charge in [-0.2, -0.15) is 0 Å². The van der Waals surface area contributed by atoms with Crippen molar-refractivity contribution in [2.45, 2.75) is 31.7 Å². The van der Waals surface area contributed by atoms with Gasteiger partial charge in [0.25, 0.3) is 0 Å². The van der Waals surface area contributed by atoms with Crippen LogP contribution >= 0.6 is 34.5 Å². The summed E-state index contributed by atoms with van der Waals surface area (Å²) in [5, 5.41) is 5.94. The number of benzene rings is 1. The number of carbonyl (C=O) groups excluding carboxylic acids is 3. The van der Waals surface area contributed by atoms with Crippen LogP contribution in [0.1, 0.15) is 22.6 Å². The smallest absolute Gasteiger partial charge is 0.246 e. The third-order valence-electron chi connectivity index (χ3n) is 6.27. The second-order valence-electron chi connectivity index (χ2n) is 8.80.